The van der Waals surface area contributed by atoms with Crippen LogP contribution in [0.2, 0.25) is 0 Å². The van der Waals surface area contributed by atoms with Crippen molar-refractivity contribution in [3.63, 3.8) is 0 Å². The maximum atomic E-state index is 13.1. The number of carbonyl (C=O) groups excluding carboxylic acids is 1. The van der Waals surface area contributed by atoms with E-state index in [1.807, 2.05) is 0 Å². The van der Waals surface area contributed by atoms with Gasteiger partial charge in [-0.05, 0) is 29.8 Å². The Bertz CT molecular complexity index is 648. The molecule has 2 aromatic carbocycles. The third-order valence-electron chi connectivity index (χ3n) is 3.07. The van der Waals surface area contributed by atoms with Crippen molar-refractivity contribution < 1.29 is 18.7 Å². The molecule has 2 rings (SSSR count). The van der Waals surface area contributed by atoms with E-state index in [0.29, 0.717) is 27.1 Å². The number of hydrogen-bond acceptors (Lipinski definition) is 3. The zero-order valence-electron chi connectivity index (χ0n) is 11.7. The summed E-state index contributed by atoms with van der Waals surface area (Å²) in [6.07, 6.45) is 0.123. The first-order valence-corrected chi connectivity index (χ1v) is 7.04. The van der Waals surface area contributed by atoms with Crippen LogP contribution in [0.1, 0.15) is 15.9 Å². The van der Waals surface area contributed by atoms with E-state index < -0.39 is 0 Å². The molecule has 0 unspecified atom stereocenters. The molecule has 0 fully saturated rings. The number of Topliss-reactive ketones (excluding diaryl/α,β-unsaturated/α-hetero) is 1. The van der Waals surface area contributed by atoms with Gasteiger partial charge in [0.15, 0.2) is 5.78 Å². The number of hydrogen-bond donors (Lipinski definition) is 0. The number of methoxy groups -OCH3 is 2. The fourth-order valence-corrected chi connectivity index (χ4v) is 2.54. The molecule has 3 nitrogen and oxygen atoms in total. The van der Waals surface area contributed by atoms with Crippen molar-refractivity contribution in [2.75, 3.05) is 14.2 Å². The fourth-order valence-electron chi connectivity index (χ4n) is 2.05. The molecule has 0 radical (unpaired) electrons. The highest BCUT2D eigenvalue weighted by molar-refractivity contribution is 9.10. The summed E-state index contributed by atoms with van der Waals surface area (Å²) in [7, 11) is 3.00. The lowest BCUT2D eigenvalue weighted by molar-refractivity contribution is 0.0986. The van der Waals surface area contributed by atoms with Crippen LogP contribution in [0.15, 0.2) is 40.9 Å². The summed E-state index contributed by atoms with van der Waals surface area (Å²) in [4.78, 5) is 12.5. The predicted octanol–water partition coefficient (Wildman–Crippen LogP) is 4.03. The molecule has 5 heteroatoms. The lowest BCUT2D eigenvalue weighted by Crippen LogP contribution is -2.08. The summed E-state index contributed by atoms with van der Waals surface area (Å²) in [6.45, 7) is 0. The van der Waals surface area contributed by atoms with E-state index in [-0.39, 0.29) is 18.0 Å². The van der Waals surface area contributed by atoms with Gasteiger partial charge in [0.2, 0.25) is 0 Å². The Hall–Kier alpha value is -1.88. The third kappa shape index (κ3) is 3.42. The van der Waals surface area contributed by atoms with Crippen molar-refractivity contribution in [3.05, 3.63) is 57.8 Å². The molecule has 110 valence electrons. The maximum Gasteiger partial charge on any atom is 0.174 e. The number of halogens is 2. The number of benzene rings is 2. The third-order valence-corrected chi connectivity index (χ3v) is 3.81. The minimum atomic E-state index is -0.354. The SMILES string of the molecule is COc1cccc(OC)c1C(=O)Cc1ccc(F)cc1Br. The summed E-state index contributed by atoms with van der Waals surface area (Å²) < 4.78 is 24.1. The van der Waals surface area contributed by atoms with Crippen LogP contribution < -0.4 is 9.47 Å². The second-order valence-electron chi connectivity index (χ2n) is 4.37. The summed E-state index contributed by atoms with van der Waals surface area (Å²) in [5.41, 5.74) is 1.09. The quantitative estimate of drug-likeness (QED) is 0.762. The first-order valence-electron chi connectivity index (χ1n) is 6.25. The highest BCUT2D eigenvalue weighted by Crippen LogP contribution is 2.30. The van der Waals surface area contributed by atoms with Crippen LogP contribution in [0.5, 0.6) is 11.5 Å². The molecule has 0 amide bonds. The van der Waals surface area contributed by atoms with Gasteiger partial charge in [-0.3, -0.25) is 4.79 Å². The van der Waals surface area contributed by atoms with Crippen LogP contribution in [-0.2, 0) is 6.42 Å². The Morgan fingerprint density at radius 2 is 1.76 bits per heavy atom. The first-order chi connectivity index (χ1) is 10.1. The van der Waals surface area contributed by atoms with Gasteiger partial charge in [0.25, 0.3) is 0 Å². The van der Waals surface area contributed by atoms with Crippen LogP contribution in [0.3, 0.4) is 0 Å². The van der Waals surface area contributed by atoms with Gasteiger partial charge in [-0.2, -0.15) is 0 Å². The maximum absolute atomic E-state index is 13.1. The molecule has 0 spiro atoms. The van der Waals surface area contributed by atoms with E-state index in [9.17, 15) is 9.18 Å². The van der Waals surface area contributed by atoms with Crippen molar-refractivity contribution >= 4 is 21.7 Å². The van der Waals surface area contributed by atoms with Crippen LogP contribution in [0.25, 0.3) is 0 Å². The number of ketones is 1. The van der Waals surface area contributed by atoms with E-state index in [4.69, 9.17) is 9.47 Å². The van der Waals surface area contributed by atoms with Crippen molar-refractivity contribution in [2.24, 2.45) is 0 Å². The second kappa shape index (κ2) is 6.72. The average molecular weight is 353 g/mol. The highest BCUT2D eigenvalue weighted by Gasteiger charge is 2.19. The summed E-state index contributed by atoms with van der Waals surface area (Å²) >= 11 is 3.26. The first kappa shape index (κ1) is 15.5. The molecule has 2 aromatic rings. The normalized spacial score (nSPS) is 10.3. The molecule has 0 bridgehead atoms. The van der Waals surface area contributed by atoms with Gasteiger partial charge in [-0.25, -0.2) is 4.39 Å². The van der Waals surface area contributed by atoms with Crippen molar-refractivity contribution in [1.82, 2.24) is 0 Å². The van der Waals surface area contributed by atoms with E-state index in [1.165, 1.54) is 26.4 Å². The van der Waals surface area contributed by atoms with Gasteiger partial charge in [-0.15, -0.1) is 0 Å². The average Bonchev–Trinajstić information content (AvgIpc) is 2.49. The van der Waals surface area contributed by atoms with E-state index in [0.717, 1.165) is 0 Å². The minimum absolute atomic E-state index is 0.123. The van der Waals surface area contributed by atoms with Crippen molar-refractivity contribution in [3.8, 4) is 11.5 Å². The molecule has 0 heterocycles. The van der Waals surface area contributed by atoms with Gasteiger partial charge in [0, 0.05) is 10.9 Å². The molecule has 0 aliphatic rings. The van der Waals surface area contributed by atoms with E-state index in [2.05, 4.69) is 15.9 Å². The smallest absolute Gasteiger partial charge is 0.174 e. The molecule has 21 heavy (non-hydrogen) atoms. The Balaban J connectivity index is 2.36. The van der Waals surface area contributed by atoms with E-state index >= 15 is 0 Å². The van der Waals surface area contributed by atoms with Crippen LogP contribution in [0.4, 0.5) is 4.39 Å². The number of ether oxygens (including phenoxy) is 2. The van der Waals surface area contributed by atoms with Gasteiger partial charge in [0.05, 0.1) is 14.2 Å². The molecular formula is C16H14BrFO3. The molecule has 0 saturated carbocycles. The zero-order chi connectivity index (χ0) is 15.4. The van der Waals surface area contributed by atoms with Crippen LogP contribution in [0, 0.1) is 5.82 Å². The molecule has 0 saturated heterocycles. The zero-order valence-corrected chi connectivity index (χ0v) is 13.2. The Kier molecular flexibility index (Phi) is 4.96. The summed E-state index contributed by atoms with van der Waals surface area (Å²) in [5, 5.41) is 0. The van der Waals surface area contributed by atoms with Crippen LogP contribution >= 0.6 is 15.9 Å². The number of carbonyl (C=O) groups is 1. The van der Waals surface area contributed by atoms with Gasteiger partial charge in [-0.1, -0.05) is 28.1 Å². The predicted molar refractivity (Wildman–Crippen MR) is 81.7 cm³/mol. The monoisotopic (exact) mass is 352 g/mol. The standard InChI is InChI=1S/C16H14BrFO3/c1-20-14-4-3-5-15(21-2)16(14)13(19)8-10-6-7-11(18)9-12(10)17/h3-7,9H,8H2,1-2H3. The number of rotatable bonds is 5. The van der Waals surface area contributed by atoms with Gasteiger partial charge < -0.3 is 9.47 Å². The Labute approximate surface area is 130 Å². The Morgan fingerprint density at radius 3 is 2.29 bits per heavy atom. The molecular weight excluding hydrogens is 339 g/mol. The highest BCUT2D eigenvalue weighted by atomic mass is 79.9. The lowest BCUT2D eigenvalue weighted by Gasteiger charge is -2.12. The van der Waals surface area contributed by atoms with Crippen LogP contribution in [-0.4, -0.2) is 20.0 Å². The molecule has 0 atom stereocenters. The van der Waals surface area contributed by atoms with Gasteiger partial charge in [0.1, 0.15) is 22.9 Å². The summed E-state index contributed by atoms with van der Waals surface area (Å²) in [6, 6.07) is 9.40. The lowest BCUT2D eigenvalue weighted by atomic mass is 10.0. The fraction of sp³-hybridized carbons (Fsp3) is 0.188. The molecule has 0 aliphatic heterocycles. The topological polar surface area (TPSA) is 35.5 Å². The van der Waals surface area contributed by atoms with E-state index in [1.54, 1.807) is 24.3 Å². The minimum Gasteiger partial charge on any atom is -0.496 e. The molecule has 0 aromatic heterocycles. The Morgan fingerprint density at radius 1 is 1.14 bits per heavy atom. The van der Waals surface area contributed by atoms with Crippen molar-refractivity contribution in [1.29, 1.82) is 0 Å². The largest absolute Gasteiger partial charge is 0.496 e. The molecule has 0 N–H and O–H groups in total. The van der Waals surface area contributed by atoms with Gasteiger partial charge >= 0.3 is 0 Å². The second-order valence-corrected chi connectivity index (χ2v) is 5.23. The van der Waals surface area contributed by atoms with Crippen molar-refractivity contribution in [2.45, 2.75) is 6.42 Å². The molecule has 0 aliphatic carbocycles. The summed E-state index contributed by atoms with van der Waals surface area (Å²) in [5.74, 6) is 0.403.